The lowest BCUT2D eigenvalue weighted by molar-refractivity contribution is -0.149. The van der Waals surface area contributed by atoms with E-state index in [4.69, 9.17) is 16.3 Å². The molecule has 3 amide bonds. The van der Waals surface area contributed by atoms with Crippen molar-refractivity contribution < 1.29 is 29.0 Å². The molecule has 3 N–H and O–H groups in total. The highest BCUT2D eigenvalue weighted by atomic mass is 35.5. The maximum absolute atomic E-state index is 13.3. The highest BCUT2D eigenvalue weighted by molar-refractivity contribution is 8.00. The molecule has 3 heterocycles. The molecule has 13 heteroatoms. The molecule has 6 unspecified atom stereocenters. The fraction of sp³-hybridized carbons (Fsp3) is 0.345. The Balaban J connectivity index is 1.13. The normalized spacial score (nSPS) is 28.8. The SMILES string of the molecule is O=C(O)CN1C(=O)C2C3CC(C2C1=O)C1C3Sc2[nH]c(=O)sc2[C@@H]1c1ccc(OCC(=O)Nc2ccc(Cl)cc2)cc1. The molecule has 7 rings (SSSR count). The monoisotopic (exact) mass is 625 g/mol. The van der Waals surface area contributed by atoms with Gasteiger partial charge in [0.15, 0.2) is 6.61 Å². The number of halogens is 1. The van der Waals surface area contributed by atoms with Crippen molar-refractivity contribution in [3.8, 4) is 5.75 Å². The lowest BCUT2D eigenvalue weighted by Gasteiger charge is -2.43. The van der Waals surface area contributed by atoms with E-state index in [9.17, 15) is 29.1 Å². The molecule has 4 aliphatic rings. The van der Waals surface area contributed by atoms with Gasteiger partial charge in [0.2, 0.25) is 11.8 Å². The first-order chi connectivity index (χ1) is 20.2. The smallest absolute Gasteiger partial charge is 0.323 e. The molecule has 2 saturated carbocycles. The Morgan fingerprint density at radius 3 is 2.40 bits per heavy atom. The van der Waals surface area contributed by atoms with Gasteiger partial charge < -0.3 is 20.1 Å². The zero-order valence-corrected chi connectivity index (χ0v) is 24.2. The number of hydrogen-bond acceptors (Lipinski definition) is 8. The first kappa shape index (κ1) is 27.2. The van der Waals surface area contributed by atoms with Gasteiger partial charge in [0.25, 0.3) is 5.91 Å². The minimum absolute atomic E-state index is 0.00125. The van der Waals surface area contributed by atoms with Gasteiger partial charge in [-0.2, -0.15) is 0 Å². The van der Waals surface area contributed by atoms with Crippen LogP contribution in [0.15, 0.2) is 58.4 Å². The Labute approximate surface area is 252 Å². The standard InChI is InChI=1S/C29H24ClN3O7S2/c30-13-3-5-14(6-4-13)31-18(34)11-40-15-7-1-12(2-8-15)20-21-16-9-17(24(21)41-26-25(20)42-29(39)32-26)23-22(16)27(37)33(28(23)38)10-19(35)36/h1-8,16-17,20-24H,9-11H2,(H,31,34)(H,32,39)(H,35,36)/t16?,17?,20-,21?,22?,23?,24?/m1/s1. The molecule has 1 aromatic heterocycles. The summed E-state index contributed by atoms with van der Waals surface area (Å²) in [7, 11) is 0. The number of carboxylic acids is 1. The van der Waals surface area contributed by atoms with Gasteiger partial charge in [-0.1, -0.05) is 35.1 Å². The number of H-pyrrole nitrogens is 1. The topological polar surface area (TPSA) is 146 Å². The summed E-state index contributed by atoms with van der Waals surface area (Å²) in [5, 5.41) is 13.4. The number of anilines is 1. The van der Waals surface area contributed by atoms with Crippen molar-refractivity contribution in [1.29, 1.82) is 0 Å². The van der Waals surface area contributed by atoms with Crippen LogP contribution in [0.4, 0.5) is 5.69 Å². The number of benzene rings is 2. The molecule has 0 spiro atoms. The average molecular weight is 626 g/mol. The van der Waals surface area contributed by atoms with Crippen LogP contribution in [0.2, 0.25) is 5.02 Å². The Hall–Kier alpha value is -3.61. The lowest BCUT2D eigenvalue weighted by Crippen LogP contribution is -2.42. The largest absolute Gasteiger partial charge is 0.484 e. The van der Waals surface area contributed by atoms with Gasteiger partial charge in [-0.25, -0.2) is 0 Å². The Morgan fingerprint density at radius 1 is 1.02 bits per heavy atom. The van der Waals surface area contributed by atoms with E-state index < -0.39 is 30.3 Å². The number of ether oxygens (including phenoxy) is 1. The Morgan fingerprint density at radius 2 is 1.71 bits per heavy atom. The molecule has 1 saturated heterocycles. The molecule has 2 aromatic carbocycles. The van der Waals surface area contributed by atoms with Crippen LogP contribution >= 0.6 is 34.7 Å². The minimum Gasteiger partial charge on any atom is -0.484 e. The van der Waals surface area contributed by atoms with Gasteiger partial charge in [0.1, 0.15) is 12.3 Å². The number of rotatable bonds is 7. The highest BCUT2D eigenvalue weighted by Crippen LogP contribution is 2.68. The van der Waals surface area contributed by atoms with E-state index in [2.05, 4.69) is 10.3 Å². The summed E-state index contributed by atoms with van der Waals surface area (Å²) in [6.07, 6.45) is 0.718. The number of likely N-dealkylation sites (tertiary alicyclic amines) is 1. The number of nitrogens with zero attached hydrogens (tertiary/aromatic N) is 1. The molecule has 3 aromatic rings. The predicted molar refractivity (Wildman–Crippen MR) is 155 cm³/mol. The second kappa shape index (κ2) is 10.3. The van der Waals surface area contributed by atoms with Crippen LogP contribution in [0, 0.1) is 29.6 Å². The number of nitrogens with one attached hydrogen (secondary N) is 2. The van der Waals surface area contributed by atoms with Crippen molar-refractivity contribution in [2.75, 3.05) is 18.5 Å². The molecule has 7 atom stereocenters. The summed E-state index contributed by atoms with van der Waals surface area (Å²) >= 11 is 8.62. The molecule has 216 valence electrons. The van der Waals surface area contributed by atoms with E-state index in [1.54, 1.807) is 48.2 Å². The quantitative estimate of drug-likeness (QED) is 0.337. The van der Waals surface area contributed by atoms with Crippen LogP contribution in [-0.2, 0) is 19.2 Å². The molecule has 3 fully saturated rings. The number of amides is 3. The van der Waals surface area contributed by atoms with E-state index >= 15 is 0 Å². The van der Waals surface area contributed by atoms with Crippen LogP contribution < -0.4 is 14.9 Å². The number of thiazole rings is 1. The van der Waals surface area contributed by atoms with Crippen LogP contribution in [0.1, 0.15) is 22.8 Å². The minimum atomic E-state index is -1.21. The van der Waals surface area contributed by atoms with E-state index in [0.29, 0.717) is 16.5 Å². The van der Waals surface area contributed by atoms with Crippen LogP contribution in [0.25, 0.3) is 0 Å². The molecule has 42 heavy (non-hydrogen) atoms. The van der Waals surface area contributed by atoms with Gasteiger partial charge in [-0.3, -0.25) is 28.9 Å². The third-order valence-corrected chi connectivity index (χ3v) is 11.7. The zero-order valence-electron chi connectivity index (χ0n) is 21.8. The number of hydrogen-bond donors (Lipinski definition) is 3. The summed E-state index contributed by atoms with van der Waals surface area (Å²) in [6.45, 7) is -0.804. The number of carboxylic acid groups (broad SMARTS) is 1. The van der Waals surface area contributed by atoms with Gasteiger partial charge in [0.05, 0.1) is 16.9 Å². The van der Waals surface area contributed by atoms with E-state index in [1.807, 2.05) is 12.1 Å². The molecule has 10 nitrogen and oxygen atoms in total. The van der Waals surface area contributed by atoms with E-state index in [1.165, 1.54) is 0 Å². The van der Waals surface area contributed by atoms with E-state index in [0.717, 1.165) is 38.1 Å². The van der Waals surface area contributed by atoms with E-state index in [-0.39, 0.29) is 52.2 Å². The molecular weight excluding hydrogens is 602 g/mol. The highest BCUT2D eigenvalue weighted by Gasteiger charge is 2.69. The van der Waals surface area contributed by atoms with Gasteiger partial charge >= 0.3 is 10.8 Å². The second-order valence-corrected chi connectivity index (χ2v) is 13.7. The molecule has 2 aliphatic carbocycles. The molecule has 0 radical (unpaired) electrons. The summed E-state index contributed by atoms with van der Waals surface area (Å²) in [6, 6.07) is 14.2. The van der Waals surface area contributed by atoms with Crippen molar-refractivity contribution in [1.82, 2.24) is 9.88 Å². The lowest BCUT2D eigenvalue weighted by atomic mass is 9.68. The van der Waals surface area contributed by atoms with Gasteiger partial charge in [-0.05, 0) is 66.1 Å². The zero-order chi connectivity index (χ0) is 29.3. The van der Waals surface area contributed by atoms with Crippen molar-refractivity contribution in [3.63, 3.8) is 0 Å². The number of thioether (sulfide) groups is 1. The first-order valence-corrected chi connectivity index (χ1v) is 15.5. The number of carbonyl (C=O) groups is 4. The van der Waals surface area contributed by atoms with Crippen LogP contribution in [0.3, 0.4) is 0 Å². The maximum Gasteiger partial charge on any atom is 0.323 e. The number of aromatic nitrogens is 1. The summed E-state index contributed by atoms with van der Waals surface area (Å²) in [5.41, 5.74) is 1.55. The molecule has 2 aliphatic heterocycles. The fourth-order valence-corrected chi connectivity index (χ4v) is 10.4. The Kier molecular flexibility index (Phi) is 6.67. The van der Waals surface area contributed by atoms with Crippen molar-refractivity contribution in [3.05, 3.63) is 73.7 Å². The summed E-state index contributed by atoms with van der Waals surface area (Å²) in [4.78, 5) is 67.3. The second-order valence-electron chi connectivity index (χ2n) is 11.0. The number of aromatic amines is 1. The predicted octanol–water partition coefficient (Wildman–Crippen LogP) is 3.67. The summed E-state index contributed by atoms with van der Waals surface area (Å²) in [5.74, 6) is -3.22. The number of aliphatic carboxylic acids is 1. The number of carbonyl (C=O) groups excluding carboxylic acids is 3. The number of imide groups is 1. The molecule has 2 bridgehead atoms. The number of fused-ring (bicyclic) bond motifs is 9. The van der Waals surface area contributed by atoms with Gasteiger partial charge in [0, 0.05) is 26.8 Å². The first-order valence-electron chi connectivity index (χ1n) is 13.4. The third kappa shape index (κ3) is 4.43. The maximum atomic E-state index is 13.3. The Bertz CT molecular complexity index is 1670. The van der Waals surface area contributed by atoms with Crippen LogP contribution in [-0.4, -0.2) is 57.1 Å². The average Bonchev–Trinajstić information content (AvgIpc) is 3.69. The van der Waals surface area contributed by atoms with Crippen molar-refractivity contribution in [2.45, 2.75) is 22.6 Å². The molecular formula is C29H24ClN3O7S2. The van der Waals surface area contributed by atoms with Crippen molar-refractivity contribution in [2.24, 2.45) is 29.6 Å². The van der Waals surface area contributed by atoms with Crippen molar-refractivity contribution >= 4 is 64.1 Å². The third-order valence-electron chi connectivity index (χ3n) is 8.85. The van der Waals surface area contributed by atoms with Gasteiger partial charge in [-0.15, -0.1) is 11.8 Å². The summed E-state index contributed by atoms with van der Waals surface area (Å²) < 4.78 is 5.71. The fourth-order valence-electron chi connectivity index (χ4n) is 7.39. The van der Waals surface area contributed by atoms with Crippen LogP contribution in [0.5, 0.6) is 5.75 Å².